The van der Waals surface area contributed by atoms with Crippen LogP contribution in [0.25, 0.3) is 0 Å². The highest BCUT2D eigenvalue weighted by molar-refractivity contribution is 7.99. The van der Waals surface area contributed by atoms with E-state index >= 15 is 0 Å². The zero-order valence-electron chi connectivity index (χ0n) is 11.6. The first-order valence-electron chi connectivity index (χ1n) is 6.20. The zero-order valence-corrected chi connectivity index (χ0v) is 12.4. The topological polar surface area (TPSA) is 101 Å². The molecule has 0 bridgehead atoms. The van der Waals surface area contributed by atoms with Crippen molar-refractivity contribution >= 4 is 17.6 Å². The average molecular weight is 291 g/mol. The van der Waals surface area contributed by atoms with E-state index in [2.05, 4.69) is 10.2 Å². The van der Waals surface area contributed by atoms with E-state index in [-0.39, 0.29) is 17.6 Å². The number of aromatic nitrogens is 3. The lowest BCUT2D eigenvalue weighted by Crippen LogP contribution is -2.19. The van der Waals surface area contributed by atoms with E-state index in [1.54, 1.807) is 10.6 Å². The third-order valence-corrected chi connectivity index (χ3v) is 4.10. The van der Waals surface area contributed by atoms with Crippen LogP contribution in [-0.4, -0.2) is 20.6 Å². The molecule has 0 saturated carbocycles. The molecule has 0 unspecified atom stereocenters. The molecule has 0 saturated heterocycles. The van der Waals surface area contributed by atoms with Crippen molar-refractivity contribution in [3.8, 4) is 0 Å². The maximum absolute atomic E-state index is 11.7. The first-order chi connectivity index (χ1) is 9.41. The molecule has 0 aliphatic heterocycles. The van der Waals surface area contributed by atoms with Gasteiger partial charge in [0.05, 0.1) is 0 Å². The Labute approximate surface area is 120 Å². The van der Waals surface area contributed by atoms with Gasteiger partial charge in [0.25, 0.3) is 0 Å². The van der Waals surface area contributed by atoms with E-state index in [9.17, 15) is 4.79 Å². The van der Waals surface area contributed by atoms with Gasteiger partial charge in [-0.2, -0.15) is 0 Å². The summed E-state index contributed by atoms with van der Waals surface area (Å²) in [7, 11) is 0. The number of hydrogen-bond donors (Lipinski definition) is 3. The number of nitrogen functional groups attached to an aromatic ring is 1. The lowest BCUT2D eigenvalue weighted by Gasteiger charge is -2.12. The molecule has 1 aromatic carbocycles. The molecule has 2 rings (SSSR count). The van der Waals surface area contributed by atoms with Crippen LogP contribution in [0.1, 0.15) is 31.0 Å². The van der Waals surface area contributed by atoms with Gasteiger partial charge in [0.2, 0.25) is 0 Å². The monoisotopic (exact) mass is 291 g/mol. The number of H-pyrrole nitrogens is 1. The third-order valence-electron chi connectivity index (χ3n) is 2.88. The van der Waals surface area contributed by atoms with E-state index in [4.69, 9.17) is 11.1 Å². The summed E-state index contributed by atoms with van der Waals surface area (Å²) < 4.78 is 1.58. The van der Waals surface area contributed by atoms with E-state index in [1.807, 2.05) is 32.9 Å². The smallest absolute Gasteiger partial charge is 0.344 e. The highest BCUT2D eigenvalue weighted by Crippen LogP contribution is 2.32. The van der Waals surface area contributed by atoms with Crippen LogP contribution in [0.4, 0.5) is 0 Å². The summed E-state index contributed by atoms with van der Waals surface area (Å²) in [4.78, 5) is 12.6. The maximum atomic E-state index is 11.7. The summed E-state index contributed by atoms with van der Waals surface area (Å²) in [5.41, 5.74) is 7.03. The molecular formula is C13H17N5OS. The fourth-order valence-electron chi connectivity index (χ4n) is 1.91. The number of nitrogens with two attached hydrogens (primary N) is 1. The van der Waals surface area contributed by atoms with Gasteiger partial charge in [-0.1, -0.05) is 18.2 Å². The van der Waals surface area contributed by atoms with Crippen LogP contribution in [0.5, 0.6) is 0 Å². The summed E-state index contributed by atoms with van der Waals surface area (Å²) >= 11 is 1.34. The van der Waals surface area contributed by atoms with Crippen molar-refractivity contribution in [1.29, 1.82) is 5.41 Å². The number of nitrogens with zero attached hydrogens (tertiary/aromatic N) is 2. The lowest BCUT2D eigenvalue weighted by atomic mass is 10.1. The van der Waals surface area contributed by atoms with Crippen molar-refractivity contribution in [2.24, 2.45) is 5.73 Å². The Kier molecular flexibility index (Phi) is 3.99. The van der Waals surface area contributed by atoms with Gasteiger partial charge in [0, 0.05) is 16.5 Å². The minimum atomic E-state index is -0.236. The number of aryl methyl sites for hydroxylation is 1. The van der Waals surface area contributed by atoms with Crippen molar-refractivity contribution in [1.82, 2.24) is 14.8 Å². The van der Waals surface area contributed by atoms with E-state index in [0.717, 1.165) is 10.5 Å². The second kappa shape index (κ2) is 5.54. The minimum absolute atomic E-state index is 0.00480. The molecule has 1 aromatic heterocycles. The molecule has 6 nitrogen and oxygen atoms in total. The molecular weight excluding hydrogens is 274 g/mol. The lowest BCUT2D eigenvalue weighted by molar-refractivity contribution is 0.534. The maximum Gasteiger partial charge on any atom is 0.344 e. The largest absolute Gasteiger partial charge is 0.384 e. The van der Waals surface area contributed by atoms with Gasteiger partial charge in [-0.15, -0.1) is 5.10 Å². The van der Waals surface area contributed by atoms with Gasteiger partial charge in [-0.25, -0.2) is 9.89 Å². The molecule has 7 heteroatoms. The molecule has 4 N–H and O–H groups in total. The standard InChI is InChI=1S/C13H17N5OS/c1-7(2)18-12(19)16-17-13(18)20-10-8(3)5-4-6-9(10)11(14)15/h4-7H,1-3H3,(H3,14,15)(H,16,19). The van der Waals surface area contributed by atoms with Crippen LogP contribution in [0.15, 0.2) is 33.0 Å². The van der Waals surface area contributed by atoms with Crippen molar-refractivity contribution in [3.05, 3.63) is 39.8 Å². The fourth-order valence-corrected chi connectivity index (χ4v) is 3.09. The summed E-state index contributed by atoms with van der Waals surface area (Å²) in [5, 5.41) is 14.7. The Balaban J connectivity index is 2.51. The molecule has 0 atom stereocenters. The molecule has 0 aliphatic carbocycles. The first kappa shape index (κ1) is 14.4. The van der Waals surface area contributed by atoms with E-state index in [1.165, 1.54) is 11.8 Å². The van der Waals surface area contributed by atoms with E-state index in [0.29, 0.717) is 10.7 Å². The Hall–Kier alpha value is -2.02. The van der Waals surface area contributed by atoms with Gasteiger partial charge in [0.15, 0.2) is 5.16 Å². The normalized spacial score (nSPS) is 11.0. The Morgan fingerprint density at radius 3 is 2.80 bits per heavy atom. The number of aromatic amines is 1. The Bertz CT molecular complexity index is 701. The zero-order chi connectivity index (χ0) is 14.9. The second-order valence-electron chi connectivity index (χ2n) is 4.74. The molecule has 20 heavy (non-hydrogen) atoms. The van der Waals surface area contributed by atoms with Crippen molar-refractivity contribution in [2.75, 3.05) is 0 Å². The molecule has 0 radical (unpaired) electrons. The van der Waals surface area contributed by atoms with Crippen LogP contribution in [0.3, 0.4) is 0 Å². The summed E-state index contributed by atoms with van der Waals surface area (Å²) in [6, 6.07) is 5.60. The average Bonchev–Trinajstić information content (AvgIpc) is 2.72. The van der Waals surface area contributed by atoms with Gasteiger partial charge in [-0.05, 0) is 38.1 Å². The quantitative estimate of drug-likeness (QED) is 0.591. The van der Waals surface area contributed by atoms with Crippen molar-refractivity contribution in [2.45, 2.75) is 36.9 Å². The molecule has 0 aliphatic rings. The summed E-state index contributed by atoms with van der Waals surface area (Å²) in [6.45, 7) is 5.79. The van der Waals surface area contributed by atoms with Gasteiger partial charge in [-0.3, -0.25) is 9.98 Å². The van der Waals surface area contributed by atoms with Gasteiger partial charge in [0.1, 0.15) is 5.84 Å². The number of benzene rings is 1. The predicted octanol–water partition coefficient (Wildman–Crippen LogP) is 1.90. The van der Waals surface area contributed by atoms with Crippen molar-refractivity contribution < 1.29 is 0 Å². The Morgan fingerprint density at radius 2 is 2.20 bits per heavy atom. The van der Waals surface area contributed by atoms with Crippen LogP contribution in [0, 0.1) is 12.3 Å². The fraction of sp³-hybridized carbons (Fsp3) is 0.308. The number of rotatable bonds is 4. The highest BCUT2D eigenvalue weighted by Gasteiger charge is 2.16. The SMILES string of the molecule is Cc1cccc(C(=N)N)c1Sc1n[nH]c(=O)n1C(C)C. The van der Waals surface area contributed by atoms with Crippen LogP contribution < -0.4 is 11.4 Å². The first-order valence-corrected chi connectivity index (χ1v) is 7.02. The molecule has 106 valence electrons. The second-order valence-corrected chi connectivity index (χ2v) is 5.72. The van der Waals surface area contributed by atoms with Gasteiger partial charge < -0.3 is 5.73 Å². The molecule has 0 spiro atoms. The van der Waals surface area contributed by atoms with E-state index < -0.39 is 0 Å². The number of nitrogens with one attached hydrogen (secondary N) is 2. The number of amidine groups is 1. The summed E-state index contributed by atoms with van der Waals surface area (Å²) in [6.07, 6.45) is 0. The minimum Gasteiger partial charge on any atom is -0.384 e. The van der Waals surface area contributed by atoms with Gasteiger partial charge >= 0.3 is 5.69 Å². The molecule has 1 heterocycles. The molecule has 0 fully saturated rings. The molecule has 2 aromatic rings. The molecule has 0 amide bonds. The van der Waals surface area contributed by atoms with Crippen LogP contribution in [0.2, 0.25) is 0 Å². The predicted molar refractivity (Wildman–Crippen MR) is 79.6 cm³/mol. The van der Waals surface area contributed by atoms with Crippen LogP contribution >= 0.6 is 11.8 Å². The highest BCUT2D eigenvalue weighted by atomic mass is 32.2. The van der Waals surface area contributed by atoms with Crippen LogP contribution in [-0.2, 0) is 0 Å². The van der Waals surface area contributed by atoms with Crippen molar-refractivity contribution in [3.63, 3.8) is 0 Å². The summed E-state index contributed by atoms with van der Waals surface area (Å²) in [5.74, 6) is 0.00480. The third kappa shape index (κ3) is 2.62. The number of hydrogen-bond acceptors (Lipinski definition) is 4. The Morgan fingerprint density at radius 1 is 1.50 bits per heavy atom.